The van der Waals surface area contributed by atoms with E-state index in [9.17, 15) is 8.42 Å². The predicted molar refractivity (Wildman–Crippen MR) is 70.3 cm³/mol. The lowest BCUT2D eigenvalue weighted by Crippen LogP contribution is -2.49. The van der Waals surface area contributed by atoms with Gasteiger partial charge in [-0.25, -0.2) is 8.42 Å². The van der Waals surface area contributed by atoms with Crippen molar-refractivity contribution in [2.75, 3.05) is 45.5 Å². The highest BCUT2D eigenvalue weighted by molar-refractivity contribution is 7.88. The van der Waals surface area contributed by atoms with E-state index in [0.29, 0.717) is 19.0 Å². The van der Waals surface area contributed by atoms with Gasteiger partial charge in [0.2, 0.25) is 10.0 Å². The first-order valence-electron chi connectivity index (χ1n) is 6.31. The zero-order chi connectivity index (χ0) is 12.9. The van der Waals surface area contributed by atoms with Crippen LogP contribution in [0.4, 0.5) is 0 Å². The number of hydrogen-bond acceptors (Lipinski definition) is 4. The summed E-state index contributed by atoms with van der Waals surface area (Å²) in [5.41, 5.74) is 5.49. The lowest BCUT2D eigenvalue weighted by atomic mass is 10.0. The van der Waals surface area contributed by atoms with Crippen molar-refractivity contribution in [2.24, 2.45) is 11.7 Å². The molecule has 102 valence electrons. The monoisotopic (exact) mass is 263 g/mol. The molecule has 1 aliphatic heterocycles. The minimum atomic E-state index is -3.00. The summed E-state index contributed by atoms with van der Waals surface area (Å²) in [6.45, 7) is 6.99. The van der Waals surface area contributed by atoms with Gasteiger partial charge in [0.25, 0.3) is 0 Å². The fraction of sp³-hybridized carbons (Fsp3) is 1.00. The first-order valence-corrected chi connectivity index (χ1v) is 8.16. The smallest absolute Gasteiger partial charge is 0.211 e. The summed E-state index contributed by atoms with van der Waals surface area (Å²) in [6, 6.07) is 0. The Balaban J connectivity index is 2.28. The zero-order valence-electron chi connectivity index (χ0n) is 10.9. The average Bonchev–Trinajstić information content (AvgIpc) is 2.26. The van der Waals surface area contributed by atoms with Gasteiger partial charge in [0.15, 0.2) is 0 Å². The van der Waals surface area contributed by atoms with Crippen molar-refractivity contribution in [2.45, 2.75) is 19.8 Å². The molecule has 0 amide bonds. The van der Waals surface area contributed by atoms with Gasteiger partial charge in [-0.15, -0.1) is 0 Å². The van der Waals surface area contributed by atoms with Crippen LogP contribution in [0.25, 0.3) is 0 Å². The van der Waals surface area contributed by atoms with Gasteiger partial charge < -0.3 is 10.6 Å². The summed E-state index contributed by atoms with van der Waals surface area (Å²) in [5, 5.41) is 0. The first kappa shape index (κ1) is 14.9. The van der Waals surface area contributed by atoms with Crippen molar-refractivity contribution in [1.29, 1.82) is 0 Å². The van der Waals surface area contributed by atoms with Crippen LogP contribution < -0.4 is 5.73 Å². The summed E-state index contributed by atoms with van der Waals surface area (Å²) in [5.74, 6) is 0.642. The van der Waals surface area contributed by atoms with Crippen LogP contribution in [0.5, 0.6) is 0 Å². The van der Waals surface area contributed by atoms with Gasteiger partial charge in [0, 0.05) is 32.7 Å². The van der Waals surface area contributed by atoms with Crippen LogP contribution in [-0.2, 0) is 10.0 Å². The molecule has 1 atom stereocenters. The van der Waals surface area contributed by atoms with Gasteiger partial charge >= 0.3 is 0 Å². The van der Waals surface area contributed by atoms with Crippen molar-refractivity contribution in [3.05, 3.63) is 0 Å². The molecule has 1 fully saturated rings. The molecule has 5 nitrogen and oxygen atoms in total. The molecule has 6 heteroatoms. The highest BCUT2D eigenvalue weighted by Crippen LogP contribution is 2.11. The normalized spacial score (nSPS) is 21.6. The topological polar surface area (TPSA) is 66.6 Å². The number of hydrogen-bond donors (Lipinski definition) is 1. The van der Waals surface area contributed by atoms with Crippen LogP contribution >= 0.6 is 0 Å². The molecule has 2 N–H and O–H groups in total. The number of nitrogens with zero attached hydrogens (tertiary/aromatic N) is 2. The Morgan fingerprint density at radius 3 is 2.29 bits per heavy atom. The molecule has 0 radical (unpaired) electrons. The predicted octanol–water partition coefficient (Wildman–Crippen LogP) is -0.0614. The van der Waals surface area contributed by atoms with E-state index < -0.39 is 10.0 Å². The van der Waals surface area contributed by atoms with E-state index in [1.165, 1.54) is 6.26 Å². The Kier molecular flexibility index (Phi) is 5.85. The molecule has 1 unspecified atom stereocenters. The molecule has 0 spiro atoms. The molecule has 0 saturated carbocycles. The lowest BCUT2D eigenvalue weighted by molar-refractivity contribution is 0.166. The molecular formula is C11H25N3O2S. The second kappa shape index (κ2) is 6.68. The maximum absolute atomic E-state index is 11.4. The van der Waals surface area contributed by atoms with E-state index in [1.54, 1.807) is 4.31 Å². The van der Waals surface area contributed by atoms with Crippen molar-refractivity contribution in [3.8, 4) is 0 Å². The van der Waals surface area contributed by atoms with Gasteiger partial charge in [-0.05, 0) is 25.3 Å². The molecule has 0 aromatic rings. The van der Waals surface area contributed by atoms with E-state index >= 15 is 0 Å². The van der Waals surface area contributed by atoms with E-state index in [-0.39, 0.29) is 0 Å². The number of sulfonamides is 1. The fourth-order valence-electron chi connectivity index (χ4n) is 2.24. The lowest BCUT2D eigenvalue weighted by Gasteiger charge is -2.34. The quantitative estimate of drug-likeness (QED) is 0.729. The molecule has 1 saturated heterocycles. The summed E-state index contributed by atoms with van der Waals surface area (Å²) in [7, 11) is -3.00. The largest absolute Gasteiger partial charge is 0.330 e. The standard InChI is InChI=1S/C11H25N3O2S/c1-11(4-3-5-12)10-13-6-8-14(9-7-13)17(2,15)16/h11H,3-10,12H2,1-2H3. The van der Waals surface area contributed by atoms with E-state index in [4.69, 9.17) is 5.73 Å². The number of piperazine rings is 1. The second-order valence-electron chi connectivity index (χ2n) is 5.00. The van der Waals surface area contributed by atoms with E-state index in [0.717, 1.165) is 39.0 Å². The second-order valence-corrected chi connectivity index (χ2v) is 6.98. The Bertz CT molecular complexity index is 311. The first-order chi connectivity index (χ1) is 7.93. The van der Waals surface area contributed by atoms with Gasteiger partial charge in [-0.3, -0.25) is 0 Å². The molecule has 1 aliphatic rings. The van der Waals surface area contributed by atoms with Crippen molar-refractivity contribution >= 4 is 10.0 Å². The summed E-state index contributed by atoms with van der Waals surface area (Å²) >= 11 is 0. The van der Waals surface area contributed by atoms with Crippen molar-refractivity contribution in [3.63, 3.8) is 0 Å². The zero-order valence-corrected chi connectivity index (χ0v) is 11.7. The van der Waals surface area contributed by atoms with E-state index in [2.05, 4.69) is 11.8 Å². The van der Waals surface area contributed by atoms with Crippen molar-refractivity contribution in [1.82, 2.24) is 9.21 Å². The SMILES string of the molecule is CC(CCCN)CN1CCN(S(C)(=O)=O)CC1. The van der Waals surface area contributed by atoms with Crippen LogP contribution in [0, 0.1) is 5.92 Å². The molecule has 0 aromatic heterocycles. The van der Waals surface area contributed by atoms with Gasteiger partial charge in [0.05, 0.1) is 6.26 Å². The van der Waals surface area contributed by atoms with Crippen LogP contribution in [-0.4, -0.2) is 63.1 Å². The molecule has 1 rings (SSSR count). The highest BCUT2D eigenvalue weighted by atomic mass is 32.2. The Hall–Kier alpha value is -0.170. The summed E-state index contributed by atoms with van der Waals surface area (Å²) < 4.78 is 24.3. The molecular weight excluding hydrogens is 238 g/mol. The van der Waals surface area contributed by atoms with Gasteiger partial charge in [0.1, 0.15) is 0 Å². The summed E-state index contributed by atoms with van der Waals surface area (Å²) in [4.78, 5) is 2.35. The summed E-state index contributed by atoms with van der Waals surface area (Å²) in [6.07, 6.45) is 3.51. The van der Waals surface area contributed by atoms with Crippen LogP contribution in [0.15, 0.2) is 0 Å². The van der Waals surface area contributed by atoms with Crippen LogP contribution in [0.2, 0.25) is 0 Å². The minimum Gasteiger partial charge on any atom is -0.330 e. The third-order valence-corrected chi connectivity index (χ3v) is 4.57. The van der Waals surface area contributed by atoms with Crippen LogP contribution in [0.1, 0.15) is 19.8 Å². The Labute approximate surface area is 105 Å². The number of rotatable bonds is 6. The molecule has 0 aromatic carbocycles. The average molecular weight is 263 g/mol. The van der Waals surface area contributed by atoms with Crippen molar-refractivity contribution < 1.29 is 8.42 Å². The highest BCUT2D eigenvalue weighted by Gasteiger charge is 2.23. The maximum atomic E-state index is 11.4. The van der Waals surface area contributed by atoms with Gasteiger partial charge in [-0.1, -0.05) is 6.92 Å². The molecule has 0 bridgehead atoms. The maximum Gasteiger partial charge on any atom is 0.211 e. The Morgan fingerprint density at radius 2 is 1.82 bits per heavy atom. The van der Waals surface area contributed by atoms with Gasteiger partial charge in [-0.2, -0.15) is 4.31 Å². The third-order valence-electron chi connectivity index (χ3n) is 3.27. The molecule has 1 heterocycles. The van der Waals surface area contributed by atoms with E-state index in [1.807, 2.05) is 0 Å². The number of nitrogens with two attached hydrogens (primary N) is 1. The van der Waals surface area contributed by atoms with Crippen LogP contribution in [0.3, 0.4) is 0 Å². The molecule has 0 aliphatic carbocycles. The Morgan fingerprint density at radius 1 is 1.24 bits per heavy atom. The third kappa shape index (κ3) is 5.33. The fourth-order valence-corrected chi connectivity index (χ4v) is 3.07. The minimum absolute atomic E-state index is 0.627. The molecule has 17 heavy (non-hydrogen) atoms.